The van der Waals surface area contributed by atoms with Gasteiger partial charge in [0.2, 0.25) is 5.91 Å². The highest BCUT2D eigenvalue weighted by atomic mass is 19.4. The predicted molar refractivity (Wildman–Crippen MR) is 108 cm³/mol. The lowest BCUT2D eigenvalue weighted by atomic mass is 10.1. The van der Waals surface area contributed by atoms with E-state index in [4.69, 9.17) is 9.15 Å². The van der Waals surface area contributed by atoms with E-state index in [1.54, 1.807) is 30.5 Å². The molecule has 32 heavy (non-hydrogen) atoms. The van der Waals surface area contributed by atoms with E-state index in [1.807, 2.05) is 16.3 Å². The molecule has 1 aliphatic rings. The highest BCUT2D eigenvalue weighted by Crippen LogP contribution is 2.22. The number of ether oxygens (including phenoxy) is 1. The number of amides is 2. The predicted octanol–water partition coefficient (Wildman–Crippen LogP) is 2.83. The van der Waals surface area contributed by atoms with E-state index in [2.05, 4.69) is 11.6 Å². The molecule has 2 aromatic heterocycles. The summed E-state index contributed by atoms with van der Waals surface area (Å²) in [6.45, 7) is 2.71. The van der Waals surface area contributed by atoms with Gasteiger partial charge in [-0.2, -0.15) is 13.2 Å². The second-order valence-electron chi connectivity index (χ2n) is 7.12. The highest BCUT2D eigenvalue weighted by molar-refractivity contribution is 5.86. The first-order valence-electron chi connectivity index (χ1n) is 9.88. The van der Waals surface area contributed by atoms with Gasteiger partial charge in [-0.25, -0.2) is 4.79 Å². The lowest BCUT2D eigenvalue weighted by molar-refractivity contribution is -0.142. The van der Waals surface area contributed by atoms with E-state index in [9.17, 15) is 22.8 Å². The normalized spacial score (nSPS) is 17.1. The van der Waals surface area contributed by atoms with Crippen molar-refractivity contribution in [2.24, 2.45) is 0 Å². The Morgan fingerprint density at radius 3 is 2.78 bits per heavy atom. The number of hydrogen-bond donors (Lipinski definition) is 1. The molecule has 2 amide bonds. The number of carbonyl (C=O) groups excluding carboxylic acids is 2. The Labute approximate surface area is 182 Å². The smallest absolute Gasteiger partial charge is 0.410 e. The minimum Gasteiger partial charge on any atom is -0.458 e. The molecule has 1 saturated heterocycles. The second kappa shape index (κ2) is 10.3. The molecule has 3 rings (SSSR count). The molecule has 0 unspecified atom stereocenters. The first-order chi connectivity index (χ1) is 15.3. The Morgan fingerprint density at radius 2 is 2.09 bits per heavy atom. The Balaban J connectivity index is 1.68. The van der Waals surface area contributed by atoms with Crippen molar-refractivity contribution >= 4 is 12.0 Å². The second-order valence-corrected chi connectivity index (χ2v) is 7.12. The van der Waals surface area contributed by atoms with Crippen LogP contribution in [-0.4, -0.2) is 71.8 Å². The number of halogens is 3. The summed E-state index contributed by atoms with van der Waals surface area (Å²) in [6.07, 6.45) is -2.34. The average Bonchev–Trinajstić information content (AvgIpc) is 3.24. The van der Waals surface area contributed by atoms with Gasteiger partial charge in [0.25, 0.3) is 0 Å². The van der Waals surface area contributed by atoms with Gasteiger partial charge >= 0.3 is 12.3 Å². The van der Waals surface area contributed by atoms with E-state index in [0.717, 1.165) is 4.90 Å². The summed E-state index contributed by atoms with van der Waals surface area (Å²) in [5, 5.41) is 1.85. The van der Waals surface area contributed by atoms with E-state index in [1.165, 1.54) is 6.08 Å². The number of furan rings is 1. The minimum absolute atomic E-state index is 0.0203. The van der Waals surface area contributed by atoms with Crippen LogP contribution in [0.2, 0.25) is 0 Å². The zero-order valence-corrected chi connectivity index (χ0v) is 17.2. The number of alkyl halides is 3. The van der Waals surface area contributed by atoms with Crippen molar-refractivity contribution in [3.63, 3.8) is 0 Å². The first kappa shape index (κ1) is 23.3. The molecule has 1 aliphatic heterocycles. The summed E-state index contributed by atoms with van der Waals surface area (Å²) >= 11 is 0. The fraction of sp³-hybridized carbons (Fsp3) is 0.381. The van der Waals surface area contributed by atoms with Crippen LogP contribution in [0.1, 0.15) is 5.76 Å². The fourth-order valence-electron chi connectivity index (χ4n) is 3.27. The van der Waals surface area contributed by atoms with Crippen molar-refractivity contribution in [1.82, 2.24) is 20.1 Å². The zero-order valence-electron chi connectivity index (χ0n) is 17.2. The molecule has 1 fully saturated rings. The molecule has 0 radical (unpaired) electrons. The molecule has 0 bridgehead atoms. The topological polar surface area (TPSA) is 87.9 Å². The number of piperazine rings is 1. The van der Waals surface area contributed by atoms with Gasteiger partial charge < -0.3 is 14.5 Å². The number of pyridine rings is 1. The fourth-order valence-corrected chi connectivity index (χ4v) is 3.27. The zero-order chi connectivity index (χ0) is 23.1. The molecule has 8 nitrogen and oxygen atoms in total. The van der Waals surface area contributed by atoms with Crippen LogP contribution in [0.3, 0.4) is 0 Å². The number of nitrogens with one attached hydrogen (secondary N) is 1. The van der Waals surface area contributed by atoms with Gasteiger partial charge in [0.05, 0.1) is 6.54 Å². The van der Waals surface area contributed by atoms with Gasteiger partial charge in [0.1, 0.15) is 30.6 Å². The van der Waals surface area contributed by atoms with Crippen molar-refractivity contribution in [1.29, 1.82) is 0 Å². The number of nitrogens with zero attached hydrogens (tertiary/aromatic N) is 3. The van der Waals surface area contributed by atoms with Crippen LogP contribution >= 0.6 is 0 Å². The number of aromatic nitrogens is 1. The number of carbonyl (C=O) groups is 2. The van der Waals surface area contributed by atoms with E-state index in [0.29, 0.717) is 30.3 Å². The summed E-state index contributed by atoms with van der Waals surface area (Å²) in [4.78, 5) is 32.0. The molecule has 11 heteroatoms. The van der Waals surface area contributed by atoms with E-state index in [-0.39, 0.29) is 19.7 Å². The van der Waals surface area contributed by atoms with Gasteiger partial charge in [-0.3, -0.25) is 19.6 Å². The summed E-state index contributed by atoms with van der Waals surface area (Å²) in [5.74, 6) is 0.269. The van der Waals surface area contributed by atoms with Crippen molar-refractivity contribution in [2.75, 3.05) is 32.8 Å². The Bertz CT molecular complexity index is 933. The van der Waals surface area contributed by atoms with Crippen molar-refractivity contribution in [3.05, 3.63) is 54.9 Å². The van der Waals surface area contributed by atoms with Crippen LogP contribution in [0, 0.1) is 0 Å². The van der Waals surface area contributed by atoms with Crippen LogP contribution in [0.4, 0.5) is 18.0 Å². The van der Waals surface area contributed by atoms with Gasteiger partial charge in [0, 0.05) is 25.8 Å². The third-order valence-electron chi connectivity index (χ3n) is 4.75. The Hall–Kier alpha value is -3.34. The van der Waals surface area contributed by atoms with E-state index >= 15 is 0 Å². The molecular formula is C21H23F3N4O4. The van der Waals surface area contributed by atoms with Crippen LogP contribution < -0.4 is 5.32 Å². The maximum Gasteiger partial charge on any atom is 0.410 e. The van der Waals surface area contributed by atoms with Crippen LogP contribution in [0.5, 0.6) is 0 Å². The van der Waals surface area contributed by atoms with Crippen LogP contribution in [0.25, 0.3) is 11.5 Å². The highest BCUT2D eigenvalue weighted by Gasteiger charge is 2.38. The molecule has 0 spiro atoms. The molecular weight excluding hydrogens is 429 g/mol. The standard InChI is InChI=1S/C21H23F3N4O4/c1-2-11-31-20(30)28-10-9-27(13-17(28)19(29)26-14-21(22,23)24)12-15-6-7-18(32-15)16-5-3-4-8-25-16/h2-8,17H,1,9-14H2,(H,26,29)/t17-/m0/s1. The number of hydrogen-bond acceptors (Lipinski definition) is 6. The summed E-state index contributed by atoms with van der Waals surface area (Å²) in [6, 6.07) is 7.82. The molecule has 2 aromatic rings. The van der Waals surface area contributed by atoms with Crippen molar-refractivity contribution in [3.8, 4) is 11.5 Å². The largest absolute Gasteiger partial charge is 0.458 e. The SMILES string of the molecule is C=CCOC(=O)N1CCN(Cc2ccc(-c3ccccn3)o2)C[C@H]1C(=O)NCC(F)(F)F. The third-order valence-corrected chi connectivity index (χ3v) is 4.75. The van der Waals surface area contributed by atoms with Gasteiger partial charge in [0.15, 0.2) is 5.76 Å². The van der Waals surface area contributed by atoms with Gasteiger partial charge in [-0.1, -0.05) is 18.7 Å². The minimum atomic E-state index is -4.56. The lowest BCUT2D eigenvalue weighted by Gasteiger charge is -2.39. The molecule has 0 saturated carbocycles. The Morgan fingerprint density at radius 1 is 1.28 bits per heavy atom. The quantitative estimate of drug-likeness (QED) is 0.650. The van der Waals surface area contributed by atoms with Gasteiger partial charge in [-0.05, 0) is 24.3 Å². The molecule has 0 aliphatic carbocycles. The van der Waals surface area contributed by atoms with Crippen molar-refractivity contribution < 1.29 is 31.9 Å². The molecule has 172 valence electrons. The van der Waals surface area contributed by atoms with Crippen molar-refractivity contribution in [2.45, 2.75) is 18.8 Å². The molecule has 0 aromatic carbocycles. The molecule has 3 heterocycles. The van der Waals surface area contributed by atoms with Crippen LogP contribution in [-0.2, 0) is 16.1 Å². The lowest BCUT2D eigenvalue weighted by Crippen LogP contribution is -2.61. The van der Waals surface area contributed by atoms with Gasteiger partial charge in [-0.15, -0.1) is 0 Å². The monoisotopic (exact) mass is 452 g/mol. The maximum absolute atomic E-state index is 12.6. The average molecular weight is 452 g/mol. The van der Waals surface area contributed by atoms with Crippen LogP contribution in [0.15, 0.2) is 53.6 Å². The third kappa shape index (κ3) is 6.33. The first-order valence-corrected chi connectivity index (χ1v) is 9.88. The summed E-state index contributed by atoms with van der Waals surface area (Å²) in [7, 11) is 0. The molecule has 1 N–H and O–H groups in total. The Kier molecular flexibility index (Phi) is 7.52. The summed E-state index contributed by atoms with van der Waals surface area (Å²) < 4.78 is 48.5. The van der Waals surface area contributed by atoms with E-state index < -0.39 is 30.8 Å². The number of rotatable bonds is 7. The maximum atomic E-state index is 12.6. The molecule has 1 atom stereocenters. The summed E-state index contributed by atoms with van der Waals surface area (Å²) in [5.41, 5.74) is 0.665.